The second kappa shape index (κ2) is 15.0. The molecule has 2 aromatic carbocycles. The molecule has 2 fully saturated rings. The highest BCUT2D eigenvalue weighted by Gasteiger charge is 2.19. The van der Waals surface area contributed by atoms with Crippen molar-refractivity contribution in [2.45, 2.75) is 73.4 Å². The number of likely N-dealkylation sites (tertiary alicyclic amines) is 2. The summed E-state index contributed by atoms with van der Waals surface area (Å²) in [4.78, 5) is 4.90. The molecule has 0 bridgehead atoms. The van der Waals surface area contributed by atoms with Gasteiger partial charge in [-0.05, 0) is 100 Å². The van der Waals surface area contributed by atoms with Crippen LogP contribution in [0.2, 0.25) is 0 Å². The van der Waals surface area contributed by atoms with Gasteiger partial charge in [-0.15, -0.1) is 0 Å². The van der Waals surface area contributed by atoms with Gasteiger partial charge in [-0.3, -0.25) is 0 Å². The normalized spacial score (nSPS) is 19.5. The molecular formula is C30H44N2O6S. The largest absolute Gasteiger partial charge is 0.491 e. The van der Waals surface area contributed by atoms with Crippen LogP contribution in [0.3, 0.4) is 0 Å². The number of sulfone groups is 1. The minimum absolute atomic E-state index is 0.163. The lowest BCUT2D eigenvalue weighted by atomic mass is 10.2. The lowest BCUT2D eigenvalue weighted by Crippen LogP contribution is -2.36. The number of hydrogen-bond acceptors (Lipinski definition) is 8. The Morgan fingerprint density at radius 3 is 1.26 bits per heavy atom. The maximum absolute atomic E-state index is 13.1. The van der Waals surface area contributed by atoms with E-state index >= 15 is 0 Å². The van der Waals surface area contributed by atoms with Gasteiger partial charge < -0.3 is 29.5 Å². The number of β-amino-alcohol motifs (C(OH)–C–C–N with tert-alkyl or cyclic N) is 2. The first-order valence-electron chi connectivity index (χ1n) is 14.4. The smallest absolute Gasteiger partial charge is 0.206 e. The molecule has 2 heterocycles. The Bertz CT molecular complexity index is 996. The van der Waals surface area contributed by atoms with E-state index < -0.39 is 22.0 Å². The van der Waals surface area contributed by atoms with Crippen molar-refractivity contribution < 1.29 is 28.1 Å². The SMILES string of the molecule is O=S(=O)(c1ccc(OC[C@@H](O)CN2CCCCCC2)cc1)c1ccc(OC[C@H](O)CN2CCCCCC2)cc1. The van der Waals surface area contributed by atoms with Crippen LogP contribution in [-0.4, -0.2) is 93.1 Å². The summed E-state index contributed by atoms with van der Waals surface area (Å²) < 4.78 is 37.7. The second-order valence-corrected chi connectivity index (χ2v) is 12.8. The highest BCUT2D eigenvalue weighted by molar-refractivity contribution is 7.91. The van der Waals surface area contributed by atoms with Crippen LogP contribution < -0.4 is 9.47 Å². The summed E-state index contributed by atoms with van der Waals surface area (Å²) in [7, 11) is -3.70. The van der Waals surface area contributed by atoms with E-state index in [-0.39, 0.29) is 23.0 Å². The van der Waals surface area contributed by atoms with Crippen LogP contribution in [0.1, 0.15) is 51.4 Å². The first kappa shape index (κ1) is 29.8. The number of rotatable bonds is 12. The number of aliphatic hydroxyl groups excluding tert-OH is 2. The minimum atomic E-state index is -3.70. The standard InChI is InChI=1S/C30H44N2O6S/c33-25(21-31-17-5-1-2-6-18-31)23-37-27-9-13-29(14-10-27)39(35,36)30-15-11-28(12-16-30)38-24-26(34)22-32-19-7-3-4-8-20-32/h9-16,25-26,33-34H,1-8,17-24H2/t25-,26+. The van der Waals surface area contributed by atoms with Crippen LogP contribution in [0, 0.1) is 0 Å². The van der Waals surface area contributed by atoms with Crippen molar-refractivity contribution in [3.8, 4) is 11.5 Å². The molecule has 0 saturated carbocycles. The van der Waals surface area contributed by atoms with Gasteiger partial charge in [0.25, 0.3) is 0 Å². The fourth-order valence-electron chi connectivity index (χ4n) is 5.29. The van der Waals surface area contributed by atoms with Crippen molar-refractivity contribution in [1.29, 1.82) is 0 Å². The molecule has 39 heavy (non-hydrogen) atoms. The first-order chi connectivity index (χ1) is 18.9. The van der Waals surface area contributed by atoms with Gasteiger partial charge in [0.15, 0.2) is 0 Å². The van der Waals surface area contributed by atoms with Crippen molar-refractivity contribution in [2.75, 3.05) is 52.5 Å². The molecule has 9 heteroatoms. The lowest BCUT2D eigenvalue weighted by Gasteiger charge is -2.23. The van der Waals surface area contributed by atoms with Gasteiger partial charge in [-0.25, -0.2) is 8.42 Å². The zero-order valence-electron chi connectivity index (χ0n) is 22.9. The monoisotopic (exact) mass is 560 g/mol. The van der Waals surface area contributed by atoms with E-state index in [1.807, 2.05) is 0 Å². The van der Waals surface area contributed by atoms with E-state index in [2.05, 4.69) is 9.80 Å². The van der Waals surface area contributed by atoms with E-state index in [4.69, 9.17) is 9.47 Å². The zero-order chi connectivity index (χ0) is 27.5. The van der Waals surface area contributed by atoms with Gasteiger partial charge in [0.05, 0.1) is 9.79 Å². The molecule has 2 saturated heterocycles. The third kappa shape index (κ3) is 9.46. The van der Waals surface area contributed by atoms with Gasteiger partial charge in [0, 0.05) is 13.1 Å². The Labute approximate surface area is 233 Å². The van der Waals surface area contributed by atoms with Gasteiger partial charge in [-0.1, -0.05) is 25.7 Å². The summed E-state index contributed by atoms with van der Waals surface area (Å²) in [5.41, 5.74) is 0. The van der Waals surface area contributed by atoms with E-state index in [1.54, 1.807) is 24.3 Å². The molecule has 2 N–H and O–H groups in total. The molecule has 4 rings (SSSR count). The van der Waals surface area contributed by atoms with Crippen molar-refractivity contribution >= 4 is 9.84 Å². The predicted molar refractivity (Wildman–Crippen MR) is 151 cm³/mol. The van der Waals surface area contributed by atoms with Gasteiger partial charge >= 0.3 is 0 Å². The summed E-state index contributed by atoms with van der Waals surface area (Å²) >= 11 is 0. The molecular weight excluding hydrogens is 516 g/mol. The quantitative estimate of drug-likeness (QED) is 0.405. The van der Waals surface area contributed by atoms with Gasteiger partial charge in [0.1, 0.15) is 36.9 Å². The van der Waals surface area contributed by atoms with Crippen LogP contribution in [-0.2, 0) is 9.84 Å². The Morgan fingerprint density at radius 2 is 0.923 bits per heavy atom. The molecule has 2 aliphatic rings. The van der Waals surface area contributed by atoms with E-state index in [0.29, 0.717) is 24.6 Å². The minimum Gasteiger partial charge on any atom is -0.491 e. The van der Waals surface area contributed by atoms with E-state index in [0.717, 1.165) is 26.2 Å². The summed E-state index contributed by atoms with van der Waals surface area (Å²) in [6.07, 6.45) is 8.48. The number of aliphatic hydroxyl groups is 2. The first-order valence-corrected chi connectivity index (χ1v) is 15.9. The van der Waals surface area contributed by atoms with Crippen LogP contribution >= 0.6 is 0 Å². The van der Waals surface area contributed by atoms with E-state index in [9.17, 15) is 18.6 Å². The highest BCUT2D eigenvalue weighted by Crippen LogP contribution is 2.25. The lowest BCUT2D eigenvalue weighted by molar-refractivity contribution is 0.0693. The predicted octanol–water partition coefficient (Wildman–Crippen LogP) is 3.75. The third-order valence-electron chi connectivity index (χ3n) is 7.49. The summed E-state index contributed by atoms with van der Waals surface area (Å²) in [5, 5.41) is 20.7. The number of hydrogen-bond donors (Lipinski definition) is 2. The maximum Gasteiger partial charge on any atom is 0.206 e. The molecule has 2 atom stereocenters. The van der Waals surface area contributed by atoms with Crippen molar-refractivity contribution in [1.82, 2.24) is 9.80 Å². The Balaban J connectivity index is 1.24. The van der Waals surface area contributed by atoms with E-state index in [1.165, 1.54) is 75.6 Å². The second-order valence-electron chi connectivity index (χ2n) is 10.8. The molecule has 0 radical (unpaired) electrons. The van der Waals surface area contributed by atoms with Crippen LogP contribution in [0.25, 0.3) is 0 Å². The fourth-order valence-corrected chi connectivity index (χ4v) is 6.55. The highest BCUT2D eigenvalue weighted by atomic mass is 32.2. The Morgan fingerprint density at radius 1 is 0.590 bits per heavy atom. The van der Waals surface area contributed by atoms with Crippen LogP contribution in [0.5, 0.6) is 11.5 Å². The average Bonchev–Trinajstić information content (AvgIpc) is 3.36. The molecule has 2 aliphatic heterocycles. The molecule has 216 valence electrons. The number of benzene rings is 2. The van der Waals surface area contributed by atoms with Crippen molar-refractivity contribution in [3.05, 3.63) is 48.5 Å². The molecule has 2 aromatic rings. The third-order valence-corrected chi connectivity index (χ3v) is 9.27. The molecule has 0 aliphatic carbocycles. The van der Waals surface area contributed by atoms with Gasteiger partial charge in [0.2, 0.25) is 9.84 Å². The zero-order valence-corrected chi connectivity index (χ0v) is 23.7. The summed E-state index contributed by atoms with van der Waals surface area (Å²) in [6.45, 7) is 5.55. The van der Waals surface area contributed by atoms with Crippen molar-refractivity contribution in [3.63, 3.8) is 0 Å². The molecule has 0 unspecified atom stereocenters. The average molecular weight is 561 g/mol. The maximum atomic E-state index is 13.1. The van der Waals surface area contributed by atoms with Gasteiger partial charge in [-0.2, -0.15) is 0 Å². The topological polar surface area (TPSA) is 99.5 Å². The van der Waals surface area contributed by atoms with Crippen LogP contribution in [0.15, 0.2) is 58.3 Å². The summed E-state index contributed by atoms with van der Waals surface area (Å²) in [5.74, 6) is 1.04. The molecule has 8 nitrogen and oxygen atoms in total. The molecule has 0 spiro atoms. The fraction of sp³-hybridized carbons (Fsp3) is 0.600. The summed E-state index contributed by atoms with van der Waals surface area (Å²) in [6, 6.07) is 12.6. The Kier molecular flexibility index (Phi) is 11.5. The van der Waals surface area contributed by atoms with Crippen molar-refractivity contribution in [2.24, 2.45) is 0 Å². The molecule has 0 aromatic heterocycles. The molecule has 0 amide bonds. The van der Waals surface area contributed by atoms with Crippen LogP contribution in [0.4, 0.5) is 0 Å². The number of nitrogens with zero attached hydrogens (tertiary/aromatic N) is 2. The number of ether oxygens (including phenoxy) is 2. The Hall–Kier alpha value is -2.17.